The zero-order valence-electron chi connectivity index (χ0n) is 21.9. The number of pyridine rings is 1. The first-order chi connectivity index (χ1) is 18.3. The molecule has 4 rings (SSSR count). The Labute approximate surface area is 222 Å². The summed E-state index contributed by atoms with van der Waals surface area (Å²) in [5.74, 6) is 6.13. The molecular weight excluding hydrogens is 486 g/mol. The average molecular weight is 521 g/mol. The molecule has 38 heavy (non-hydrogen) atoms. The minimum Gasteiger partial charge on any atom is -0.497 e. The van der Waals surface area contributed by atoms with Gasteiger partial charge in [0.25, 0.3) is 0 Å². The predicted octanol–water partition coefficient (Wildman–Crippen LogP) is 6.34. The van der Waals surface area contributed by atoms with E-state index in [4.69, 9.17) is 4.74 Å². The van der Waals surface area contributed by atoms with Gasteiger partial charge in [-0.05, 0) is 98.5 Å². The molecule has 2 heterocycles. The Bertz CT molecular complexity index is 1330. The Hall–Kier alpha value is -3.50. The third-order valence-corrected chi connectivity index (χ3v) is 7.52. The molecule has 3 atom stereocenters. The zero-order valence-corrected chi connectivity index (χ0v) is 21.9. The fraction of sp³-hybridized carbons (Fsp3) is 0.419. The van der Waals surface area contributed by atoms with Crippen molar-refractivity contribution in [3.8, 4) is 17.6 Å². The van der Waals surface area contributed by atoms with Gasteiger partial charge in [-0.15, -0.1) is 0 Å². The second-order valence-electron chi connectivity index (χ2n) is 10.1. The third-order valence-electron chi connectivity index (χ3n) is 7.52. The molecule has 0 saturated carbocycles. The smallest absolute Gasteiger partial charge is 0.303 e. The van der Waals surface area contributed by atoms with Crippen molar-refractivity contribution < 1.29 is 23.4 Å². The van der Waals surface area contributed by atoms with Crippen LogP contribution in [0.4, 0.5) is 8.78 Å². The molecule has 0 radical (unpaired) electrons. The van der Waals surface area contributed by atoms with Gasteiger partial charge in [-0.25, -0.2) is 8.78 Å². The molecule has 1 aliphatic heterocycles. The van der Waals surface area contributed by atoms with Crippen LogP contribution >= 0.6 is 0 Å². The van der Waals surface area contributed by atoms with E-state index in [1.807, 2.05) is 24.3 Å². The van der Waals surface area contributed by atoms with Gasteiger partial charge < -0.3 is 9.84 Å². The fourth-order valence-electron chi connectivity index (χ4n) is 5.30. The van der Waals surface area contributed by atoms with Crippen LogP contribution in [0.2, 0.25) is 0 Å². The summed E-state index contributed by atoms with van der Waals surface area (Å²) in [6, 6.07) is 12.2. The second-order valence-corrected chi connectivity index (χ2v) is 10.1. The number of aromatic nitrogens is 1. The quantitative estimate of drug-likeness (QED) is 0.334. The maximum absolute atomic E-state index is 15.5. The van der Waals surface area contributed by atoms with E-state index in [0.717, 1.165) is 30.4 Å². The van der Waals surface area contributed by atoms with Crippen molar-refractivity contribution in [3.05, 3.63) is 71.2 Å². The topological polar surface area (TPSA) is 62.7 Å². The molecule has 200 valence electrons. The standard InChI is InChI=1S/C31H34F2N2O3/c1-21-5-6-22(18-29(21)33)4-3-16-35-17-14-23(24(20-35)8-12-31(36)37)7-10-28(32)26-13-15-34-30-11-9-25(38-2)19-27(26)30/h5-6,9,11,13,15,18-19,23-24,28H,7-8,10,12,14,16-17,20H2,1-2H3,(H,36,37)/t23-,24-,28-/m1/s1. The number of hydrogen-bond donors (Lipinski definition) is 1. The molecule has 0 amide bonds. The van der Waals surface area contributed by atoms with Gasteiger partial charge >= 0.3 is 5.97 Å². The van der Waals surface area contributed by atoms with Crippen molar-refractivity contribution in [1.82, 2.24) is 9.88 Å². The zero-order chi connectivity index (χ0) is 27.1. The summed E-state index contributed by atoms with van der Waals surface area (Å²) in [4.78, 5) is 17.9. The monoisotopic (exact) mass is 520 g/mol. The number of aryl methyl sites for hydroxylation is 1. The van der Waals surface area contributed by atoms with Crippen LogP contribution in [0.3, 0.4) is 0 Å². The SMILES string of the molecule is COc1ccc2nccc([C@H](F)CC[C@@H]3CCN(CC#Cc4ccc(C)c(F)c4)C[C@H]3CCC(=O)O)c2c1. The summed E-state index contributed by atoms with van der Waals surface area (Å²) in [6.07, 6.45) is 3.05. The fourth-order valence-corrected chi connectivity index (χ4v) is 5.30. The first-order valence-electron chi connectivity index (χ1n) is 13.1. The number of carboxylic acids is 1. The normalized spacial score (nSPS) is 18.5. The van der Waals surface area contributed by atoms with E-state index >= 15 is 4.39 Å². The van der Waals surface area contributed by atoms with Gasteiger partial charge in [0.1, 0.15) is 17.7 Å². The first-order valence-corrected chi connectivity index (χ1v) is 13.1. The van der Waals surface area contributed by atoms with Crippen LogP contribution < -0.4 is 4.74 Å². The molecule has 1 aromatic heterocycles. The van der Waals surface area contributed by atoms with E-state index in [2.05, 4.69) is 21.7 Å². The van der Waals surface area contributed by atoms with Crippen LogP contribution in [0, 0.1) is 36.4 Å². The Balaban J connectivity index is 1.39. The molecule has 5 nitrogen and oxygen atoms in total. The molecule has 0 spiro atoms. The molecule has 2 aromatic carbocycles. The van der Waals surface area contributed by atoms with Crippen LogP contribution in [0.25, 0.3) is 10.9 Å². The van der Waals surface area contributed by atoms with E-state index in [9.17, 15) is 14.3 Å². The number of methoxy groups -OCH3 is 1. The number of carbonyl (C=O) groups is 1. The van der Waals surface area contributed by atoms with E-state index in [-0.39, 0.29) is 24.1 Å². The Morgan fingerprint density at radius 2 is 2.05 bits per heavy atom. The summed E-state index contributed by atoms with van der Waals surface area (Å²) in [5, 5.41) is 10.0. The highest BCUT2D eigenvalue weighted by atomic mass is 19.1. The molecule has 0 unspecified atom stereocenters. The molecule has 1 saturated heterocycles. The number of carboxylic acid groups (broad SMARTS) is 1. The summed E-state index contributed by atoms with van der Waals surface area (Å²) < 4.78 is 34.6. The van der Waals surface area contributed by atoms with Crippen molar-refractivity contribution in [3.63, 3.8) is 0 Å². The van der Waals surface area contributed by atoms with Gasteiger partial charge in [0.05, 0.1) is 19.2 Å². The van der Waals surface area contributed by atoms with Crippen molar-refractivity contribution >= 4 is 16.9 Å². The number of likely N-dealkylation sites (tertiary alicyclic amines) is 1. The van der Waals surface area contributed by atoms with Gasteiger partial charge in [0.15, 0.2) is 0 Å². The molecule has 1 fully saturated rings. The number of fused-ring (bicyclic) bond motifs is 1. The number of aliphatic carboxylic acids is 1. The summed E-state index contributed by atoms with van der Waals surface area (Å²) in [7, 11) is 1.58. The Morgan fingerprint density at radius 1 is 1.21 bits per heavy atom. The maximum Gasteiger partial charge on any atom is 0.303 e. The van der Waals surface area contributed by atoms with Crippen LogP contribution in [0.5, 0.6) is 5.75 Å². The van der Waals surface area contributed by atoms with E-state index < -0.39 is 12.1 Å². The van der Waals surface area contributed by atoms with Gasteiger partial charge in [-0.2, -0.15) is 0 Å². The lowest BCUT2D eigenvalue weighted by atomic mass is 9.79. The third kappa shape index (κ3) is 7.08. The highest BCUT2D eigenvalue weighted by molar-refractivity contribution is 5.83. The maximum atomic E-state index is 15.5. The molecule has 1 N–H and O–H groups in total. The van der Waals surface area contributed by atoms with Crippen molar-refractivity contribution in [2.75, 3.05) is 26.7 Å². The Morgan fingerprint density at radius 3 is 2.82 bits per heavy atom. The van der Waals surface area contributed by atoms with Crippen molar-refractivity contribution in [2.45, 2.75) is 45.2 Å². The number of benzene rings is 2. The van der Waals surface area contributed by atoms with Gasteiger partial charge in [0.2, 0.25) is 0 Å². The summed E-state index contributed by atoms with van der Waals surface area (Å²) in [5.41, 5.74) is 2.57. The summed E-state index contributed by atoms with van der Waals surface area (Å²) in [6.45, 7) is 3.79. The number of rotatable bonds is 9. The molecule has 7 heteroatoms. The molecule has 3 aromatic rings. The van der Waals surface area contributed by atoms with Crippen LogP contribution in [0.1, 0.15) is 55.0 Å². The number of piperidine rings is 1. The highest BCUT2D eigenvalue weighted by Gasteiger charge is 2.30. The summed E-state index contributed by atoms with van der Waals surface area (Å²) >= 11 is 0. The predicted molar refractivity (Wildman–Crippen MR) is 144 cm³/mol. The minimum atomic E-state index is -1.15. The van der Waals surface area contributed by atoms with E-state index in [1.54, 1.807) is 32.4 Å². The lowest BCUT2D eigenvalue weighted by Gasteiger charge is -2.38. The van der Waals surface area contributed by atoms with Crippen LogP contribution in [-0.4, -0.2) is 47.7 Å². The minimum absolute atomic E-state index is 0.0944. The van der Waals surface area contributed by atoms with E-state index in [0.29, 0.717) is 48.2 Å². The Kier molecular flexibility index (Phi) is 9.30. The molecule has 0 bridgehead atoms. The number of alkyl halides is 1. The molecule has 0 aliphatic carbocycles. The lowest BCUT2D eigenvalue weighted by Crippen LogP contribution is -2.41. The molecular formula is C31H34F2N2O3. The number of nitrogens with zero attached hydrogens (tertiary/aromatic N) is 2. The lowest BCUT2D eigenvalue weighted by molar-refractivity contribution is -0.137. The van der Waals surface area contributed by atoms with Gasteiger partial charge in [0, 0.05) is 30.1 Å². The largest absolute Gasteiger partial charge is 0.497 e. The number of hydrogen-bond acceptors (Lipinski definition) is 4. The number of ether oxygens (including phenoxy) is 1. The van der Waals surface area contributed by atoms with E-state index in [1.165, 1.54) is 6.07 Å². The second kappa shape index (κ2) is 12.8. The first kappa shape index (κ1) is 27.5. The van der Waals surface area contributed by atoms with Gasteiger partial charge in [-0.3, -0.25) is 14.7 Å². The van der Waals surface area contributed by atoms with Crippen LogP contribution in [0.15, 0.2) is 48.7 Å². The van der Waals surface area contributed by atoms with Gasteiger partial charge in [-0.1, -0.05) is 17.9 Å². The molecule has 1 aliphatic rings. The van der Waals surface area contributed by atoms with Crippen LogP contribution in [-0.2, 0) is 4.79 Å². The van der Waals surface area contributed by atoms with Crippen molar-refractivity contribution in [2.24, 2.45) is 11.8 Å². The average Bonchev–Trinajstić information content (AvgIpc) is 2.92. The highest BCUT2D eigenvalue weighted by Crippen LogP contribution is 2.36. The number of halogens is 2. The van der Waals surface area contributed by atoms with Crippen molar-refractivity contribution in [1.29, 1.82) is 0 Å².